The molecule has 4 aromatic rings. The maximum Gasteiger partial charge on any atom is 0.242 e. The van der Waals surface area contributed by atoms with Gasteiger partial charge in [-0.15, -0.1) is 0 Å². The number of nitrogens with one attached hydrogen (secondary N) is 1. The third kappa shape index (κ3) is 5.34. The number of pyridine rings is 1. The first-order valence-electron chi connectivity index (χ1n) is 13.4. The SMILES string of the molecule is CN(CCc1ccccn1)S(=O)(=O)c1ccc(Nc2cc(N3CCC[C@@H]3CO)nc3cc(C4CC4)nn23)cc1. The fraction of sp³-hybridized carbons (Fsp3) is 0.393. The van der Waals surface area contributed by atoms with Gasteiger partial charge in [-0.1, -0.05) is 6.07 Å². The Balaban J connectivity index is 1.24. The second kappa shape index (κ2) is 10.6. The van der Waals surface area contributed by atoms with Gasteiger partial charge >= 0.3 is 0 Å². The van der Waals surface area contributed by atoms with E-state index in [0.29, 0.717) is 18.9 Å². The first kappa shape index (κ1) is 25.7. The summed E-state index contributed by atoms with van der Waals surface area (Å²) in [6.45, 7) is 1.28. The summed E-state index contributed by atoms with van der Waals surface area (Å²) in [4.78, 5) is 11.5. The van der Waals surface area contributed by atoms with E-state index in [1.165, 1.54) is 4.31 Å². The largest absolute Gasteiger partial charge is 0.394 e. The van der Waals surface area contributed by atoms with Gasteiger partial charge in [0.15, 0.2) is 5.65 Å². The monoisotopic (exact) mass is 547 g/mol. The Morgan fingerprint density at radius 3 is 2.64 bits per heavy atom. The molecule has 3 aromatic heterocycles. The lowest BCUT2D eigenvalue weighted by molar-refractivity contribution is 0.266. The number of sulfonamides is 1. The summed E-state index contributed by atoms with van der Waals surface area (Å²) in [5.41, 5.74) is 3.39. The van der Waals surface area contributed by atoms with Gasteiger partial charge in [0.2, 0.25) is 10.0 Å². The molecule has 39 heavy (non-hydrogen) atoms. The maximum absolute atomic E-state index is 13.2. The molecular formula is C28H33N7O3S. The van der Waals surface area contributed by atoms with Gasteiger partial charge in [-0.2, -0.15) is 9.61 Å². The zero-order valence-corrected chi connectivity index (χ0v) is 22.8. The van der Waals surface area contributed by atoms with Crippen LogP contribution in [-0.4, -0.2) is 70.2 Å². The highest BCUT2D eigenvalue weighted by atomic mass is 32.2. The van der Waals surface area contributed by atoms with Crippen LogP contribution in [0.25, 0.3) is 5.65 Å². The molecule has 10 nitrogen and oxygen atoms in total. The number of nitrogens with zero attached hydrogens (tertiary/aromatic N) is 6. The number of rotatable bonds is 10. The van der Waals surface area contributed by atoms with Crippen LogP contribution in [0.5, 0.6) is 0 Å². The molecule has 11 heteroatoms. The van der Waals surface area contributed by atoms with Crippen LogP contribution < -0.4 is 10.2 Å². The second-order valence-electron chi connectivity index (χ2n) is 10.3. The summed E-state index contributed by atoms with van der Waals surface area (Å²) in [7, 11) is -2.05. The quantitative estimate of drug-likeness (QED) is 0.310. The van der Waals surface area contributed by atoms with E-state index in [1.54, 1.807) is 37.5 Å². The van der Waals surface area contributed by atoms with Gasteiger partial charge in [-0.3, -0.25) is 4.98 Å². The zero-order chi connectivity index (χ0) is 27.0. The molecule has 2 N–H and O–H groups in total. The molecule has 6 rings (SSSR count). The molecule has 1 aliphatic heterocycles. The molecule has 1 saturated carbocycles. The molecule has 1 atom stereocenters. The molecule has 0 amide bonds. The van der Waals surface area contributed by atoms with Crippen molar-refractivity contribution in [1.29, 1.82) is 0 Å². The minimum atomic E-state index is -3.64. The van der Waals surface area contributed by atoms with Crippen molar-refractivity contribution in [2.45, 2.75) is 49.0 Å². The average Bonchev–Trinajstić information content (AvgIpc) is 3.53. The predicted octanol–water partition coefficient (Wildman–Crippen LogP) is 3.57. The predicted molar refractivity (Wildman–Crippen MR) is 150 cm³/mol. The van der Waals surface area contributed by atoms with E-state index in [-0.39, 0.29) is 17.5 Å². The minimum Gasteiger partial charge on any atom is -0.394 e. The summed E-state index contributed by atoms with van der Waals surface area (Å²) >= 11 is 0. The van der Waals surface area contributed by atoms with E-state index in [9.17, 15) is 13.5 Å². The van der Waals surface area contributed by atoms with Crippen molar-refractivity contribution in [1.82, 2.24) is 23.9 Å². The molecule has 2 aliphatic rings. The van der Waals surface area contributed by atoms with Crippen molar-refractivity contribution in [2.24, 2.45) is 0 Å². The first-order chi connectivity index (χ1) is 18.9. The van der Waals surface area contributed by atoms with Gasteiger partial charge in [-0.25, -0.2) is 17.7 Å². The van der Waals surface area contributed by atoms with E-state index >= 15 is 0 Å². The highest BCUT2D eigenvalue weighted by molar-refractivity contribution is 7.89. The van der Waals surface area contributed by atoms with Gasteiger partial charge < -0.3 is 15.3 Å². The number of aromatic nitrogens is 4. The van der Waals surface area contributed by atoms with Crippen LogP contribution in [0.1, 0.15) is 43.0 Å². The maximum atomic E-state index is 13.2. The number of benzene rings is 1. The van der Waals surface area contributed by atoms with E-state index < -0.39 is 10.0 Å². The molecule has 1 saturated heterocycles. The number of aliphatic hydroxyl groups excluding tert-OH is 1. The van der Waals surface area contributed by atoms with E-state index in [0.717, 1.165) is 66.6 Å². The Morgan fingerprint density at radius 1 is 1.10 bits per heavy atom. The Kier molecular flexibility index (Phi) is 6.96. The Hall–Kier alpha value is -3.54. The topological polar surface area (TPSA) is 116 Å². The van der Waals surface area contributed by atoms with Crippen LogP contribution in [0.15, 0.2) is 65.7 Å². The zero-order valence-electron chi connectivity index (χ0n) is 21.9. The summed E-state index contributed by atoms with van der Waals surface area (Å²) in [6, 6.07) is 16.5. The van der Waals surface area contributed by atoms with E-state index in [1.807, 2.05) is 34.8 Å². The van der Waals surface area contributed by atoms with Crippen molar-refractivity contribution in [3.05, 3.63) is 72.2 Å². The van der Waals surface area contributed by atoms with Crippen molar-refractivity contribution in [2.75, 3.05) is 37.0 Å². The third-order valence-electron chi connectivity index (χ3n) is 7.55. The Labute approximate surface area is 228 Å². The fourth-order valence-corrected chi connectivity index (χ4v) is 6.27. The molecule has 4 heterocycles. The fourth-order valence-electron chi connectivity index (χ4n) is 5.10. The number of anilines is 3. The lowest BCUT2D eigenvalue weighted by Crippen LogP contribution is -2.32. The number of likely N-dealkylation sites (N-methyl/N-ethyl adjacent to an activating group) is 1. The molecule has 0 spiro atoms. The number of hydrogen-bond acceptors (Lipinski definition) is 8. The number of hydrogen-bond donors (Lipinski definition) is 2. The third-order valence-corrected chi connectivity index (χ3v) is 9.43. The van der Waals surface area contributed by atoms with E-state index in [2.05, 4.69) is 15.2 Å². The summed E-state index contributed by atoms with van der Waals surface area (Å²) < 4.78 is 29.5. The molecule has 204 valence electrons. The van der Waals surface area contributed by atoms with Crippen LogP contribution in [0.3, 0.4) is 0 Å². The molecule has 1 aliphatic carbocycles. The molecule has 0 radical (unpaired) electrons. The average molecular weight is 548 g/mol. The van der Waals surface area contributed by atoms with Crippen LogP contribution in [0.4, 0.5) is 17.3 Å². The smallest absolute Gasteiger partial charge is 0.242 e. The Morgan fingerprint density at radius 2 is 1.92 bits per heavy atom. The van der Waals surface area contributed by atoms with E-state index in [4.69, 9.17) is 10.1 Å². The molecule has 0 unspecified atom stereocenters. The van der Waals surface area contributed by atoms with Crippen LogP contribution in [-0.2, 0) is 16.4 Å². The molecule has 0 bridgehead atoms. The highest BCUT2D eigenvalue weighted by Gasteiger charge is 2.29. The van der Waals surface area contributed by atoms with Crippen LogP contribution >= 0.6 is 0 Å². The first-order valence-corrected chi connectivity index (χ1v) is 14.9. The normalized spacial score (nSPS) is 17.8. The van der Waals surface area contributed by atoms with Gasteiger partial charge in [0.1, 0.15) is 11.6 Å². The summed E-state index contributed by atoms with van der Waals surface area (Å²) in [6.07, 6.45) is 6.48. The molecule has 1 aromatic carbocycles. The summed E-state index contributed by atoms with van der Waals surface area (Å²) in [5, 5.41) is 18.1. The van der Waals surface area contributed by atoms with Gasteiger partial charge in [0.25, 0.3) is 0 Å². The van der Waals surface area contributed by atoms with Crippen molar-refractivity contribution < 1.29 is 13.5 Å². The molecular weight excluding hydrogens is 514 g/mol. The second-order valence-corrected chi connectivity index (χ2v) is 12.4. The van der Waals surface area contributed by atoms with Crippen LogP contribution in [0, 0.1) is 0 Å². The van der Waals surface area contributed by atoms with Gasteiger partial charge in [-0.05, 0) is 62.1 Å². The van der Waals surface area contributed by atoms with Crippen LogP contribution in [0.2, 0.25) is 0 Å². The molecule has 2 fully saturated rings. The van der Waals surface area contributed by atoms with Crippen molar-refractivity contribution >= 4 is 33.0 Å². The lowest BCUT2D eigenvalue weighted by Gasteiger charge is -2.25. The highest BCUT2D eigenvalue weighted by Crippen LogP contribution is 2.40. The lowest BCUT2D eigenvalue weighted by atomic mass is 10.2. The number of fused-ring (bicyclic) bond motifs is 1. The van der Waals surface area contributed by atoms with Gasteiger partial charge in [0.05, 0.1) is 23.2 Å². The van der Waals surface area contributed by atoms with Gasteiger partial charge in [0, 0.05) is 62.2 Å². The summed E-state index contributed by atoms with van der Waals surface area (Å²) in [5.74, 6) is 2.03. The standard InChI is InChI=1S/C28H33N7O3S/c1-33(16-13-21-5-2-3-14-29-21)39(37,38)24-11-9-22(10-12-24)30-28-18-26(34-15-4-6-23(34)19-36)31-27-17-25(20-7-8-20)32-35(27)28/h2-3,5,9-12,14,17-18,20,23,30,36H,4,6-8,13,15-16,19H2,1H3/t23-/m1/s1. The van der Waals surface area contributed by atoms with Crippen molar-refractivity contribution in [3.63, 3.8) is 0 Å². The van der Waals surface area contributed by atoms with Crippen molar-refractivity contribution in [3.8, 4) is 0 Å². The number of aliphatic hydroxyl groups is 1. The Bertz CT molecular complexity index is 1550. The minimum absolute atomic E-state index is 0.0535.